The number of aryl methyl sites for hydroxylation is 1. The Hall–Kier alpha value is -2.96. The van der Waals surface area contributed by atoms with Gasteiger partial charge in [0.2, 0.25) is 5.82 Å². The van der Waals surface area contributed by atoms with Crippen LogP contribution in [0.2, 0.25) is 0 Å². The highest BCUT2D eigenvalue weighted by Gasteiger charge is 2.14. The van der Waals surface area contributed by atoms with E-state index >= 15 is 0 Å². The molecule has 2 rings (SSSR count). The largest absolute Gasteiger partial charge is 0.465 e. The van der Waals surface area contributed by atoms with Gasteiger partial charge >= 0.3 is 11.7 Å². The van der Waals surface area contributed by atoms with Gasteiger partial charge in [0.15, 0.2) is 0 Å². The van der Waals surface area contributed by atoms with E-state index in [2.05, 4.69) is 10.1 Å². The maximum Gasteiger partial charge on any atom is 0.337 e. The molecule has 0 amide bonds. The molecule has 0 aliphatic carbocycles. The molecule has 120 valence electrons. The Morgan fingerprint density at radius 3 is 2.70 bits per heavy atom. The number of methoxy groups -OCH3 is 1. The molecule has 0 saturated heterocycles. The Labute approximate surface area is 132 Å². The van der Waals surface area contributed by atoms with Crippen molar-refractivity contribution in [3.63, 3.8) is 0 Å². The standard InChI is InChI=1S/C16H15FN2O4/c1-10-3-5-12(16(20)23-2)8-14(10)18-9-11-4-6-13(17)15(7-11)19(21)22/h3-8,18H,9H2,1-2H3. The molecule has 0 bridgehead atoms. The summed E-state index contributed by atoms with van der Waals surface area (Å²) < 4.78 is 18.0. The van der Waals surface area contributed by atoms with Crippen molar-refractivity contribution in [2.45, 2.75) is 13.5 Å². The van der Waals surface area contributed by atoms with Crippen molar-refractivity contribution in [1.29, 1.82) is 0 Å². The van der Waals surface area contributed by atoms with Crippen LogP contribution in [-0.2, 0) is 11.3 Å². The van der Waals surface area contributed by atoms with Crippen molar-refractivity contribution >= 4 is 17.3 Å². The highest BCUT2D eigenvalue weighted by atomic mass is 19.1. The smallest absolute Gasteiger partial charge is 0.337 e. The molecule has 6 nitrogen and oxygen atoms in total. The zero-order valence-corrected chi connectivity index (χ0v) is 12.6. The van der Waals surface area contributed by atoms with E-state index in [1.807, 2.05) is 6.92 Å². The van der Waals surface area contributed by atoms with Crippen LogP contribution in [0, 0.1) is 22.9 Å². The fourth-order valence-electron chi connectivity index (χ4n) is 2.06. The molecular weight excluding hydrogens is 303 g/mol. The third kappa shape index (κ3) is 3.82. The average Bonchev–Trinajstić information content (AvgIpc) is 2.54. The van der Waals surface area contributed by atoms with Gasteiger partial charge in [0.1, 0.15) is 0 Å². The molecule has 0 aliphatic heterocycles. The van der Waals surface area contributed by atoms with Crippen molar-refractivity contribution in [3.05, 3.63) is 69.0 Å². The summed E-state index contributed by atoms with van der Waals surface area (Å²) in [4.78, 5) is 21.5. The second kappa shape index (κ2) is 6.87. The first kappa shape index (κ1) is 16.4. The number of benzene rings is 2. The van der Waals surface area contributed by atoms with E-state index in [1.165, 1.54) is 19.2 Å². The molecule has 0 saturated carbocycles. The van der Waals surface area contributed by atoms with Crippen molar-refractivity contribution in [3.8, 4) is 0 Å². The summed E-state index contributed by atoms with van der Waals surface area (Å²) in [5.41, 5.74) is 1.98. The van der Waals surface area contributed by atoms with E-state index in [1.54, 1.807) is 18.2 Å². The Bertz CT molecular complexity index is 762. The lowest BCUT2D eigenvalue weighted by Gasteiger charge is -2.11. The van der Waals surface area contributed by atoms with Crippen molar-refractivity contribution in [2.75, 3.05) is 12.4 Å². The number of nitro benzene ring substituents is 1. The number of esters is 1. The molecule has 0 heterocycles. The van der Waals surface area contributed by atoms with Gasteiger partial charge < -0.3 is 10.1 Å². The second-order valence-corrected chi connectivity index (χ2v) is 4.92. The van der Waals surface area contributed by atoms with Gasteiger partial charge in [-0.15, -0.1) is 0 Å². The molecule has 2 aromatic carbocycles. The molecule has 23 heavy (non-hydrogen) atoms. The lowest BCUT2D eigenvalue weighted by atomic mass is 10.1. The van der Waals surface area contributed by atoms with Gasteiger partial charge in [-0.1, -0.05) is 12.1 Å². The van der Waals surface area contributed by atoms with Gasteiger partial charge in [-0.05, 0) is 36.2 Å². The quantitative estimate of drug-likeness (QED) is 0.519. The zero-order valence-electron chi connectivity index (χ0n) is 12.6. The maximum atomic E-state index is 13.3. The summed E-state index contributed by atoms with van der Waals surface area (Å²) in [6, 6.07) is 8.76. The number of hydrogen-bond donors (Lipinski definition) is 1. The minimum atomic E-state index is -0.873. The summed E-state index contributed by atoms with van der Waals surface area (Å²) in [6.45, 7) is 2.11. The molecule has 7 heteroatoms. The van der Waals surface area contributed by atoms with Crippen LogP contribution < -0.4 is 5.32 Å². The third-order valence-corrected chi connectivity index (χ3v) is 3.35. The maximum absolute atomic E-state index is 13.3. The number of halogens is 1. The van der Waals surface area contributed by atoms with E-state index in [-0.39, 0.29) is 6.54 Å². The topological polar surface area (TPSA) is 81.5 Å². The number of rotatable bonds is 5. The van der Waals surface area contributed by atoms with Crippen molar-refractivity contribution in [1.82, 2.24) is 0 Å². The number of nitrogens with one attached hydrogen (secondary N) is 1. The Kier molecular flexibility index (Phi) is 4.90. The fourth-order valence-corrected chi connectivity index (χ4v) is 2.06. The molecule has 0 spiro atoms. The SMILES string of the molecule is COC(=O)c1ccc(C)c(NCc2ccc(F)c([N+](=O)[O-])c2)c1. The second-order valence-electron chi connectivity index (χ2n) is 4.92. The van der Waals surface area contributed by atoms with Gasteiger partial charge in [0, 0.05) is 18.3 Å². The monoisotopic (exact) mass is 318 g/mol. The van der Waals surface area contributed by atoms with Crippen LogP contribution in [0.25, 0.3) is 0 Å². The van der Waals surface area contributed by atoms with Gasteiger partial charge in [-0.25, -0.2) is 4.79 Å². The van der Waals surface area contributed by atoms with E-state index in [4.69, 9.17) is 0 Å². The normalized spacial score (nSPS) is 10.2. The predicted octanol–water partition coefficient (Wildman–Crippen LogP) is 3.44. The molecule has 0 unspecified atom stereocenters. The number of ether oxygens (including phenoxy) is 1. The predicted molar refractivity (Wildman–Crippen MR) is 82.9 cm³/mol. The first-order chi connectivity index (χ1) is 10.9. The van der Waals surface area contributed by atoms with E-state index in [9.17, 15) is 19.3 Å². The number of hydrogen-bond acceptors (Lipinski definition) is 5. The van der Waals surface area contributed by atoms with E-state index in [0.29, 0.717) is 16.8 Å². The van der Waals surface area contributed by atoms with Crippen LogP contribution in [0.5, 0.6) is 0 Å². The minimum Gasteiger partial charge on any atom is -0.465 e. The van der Waals surface area contributed by atoms with Gasteiger partial charge in [-0.2, -0.15) is 4.39 Å². The van der Waals surface area contributed by atoms with Crippen LogP contribution in [0.3, 0.4) is 0 Å². The number of anilines is 1. The van der Waals surface area contributed by atoms with Crippen molar-refractivity contribution in [2.24, 2.45) is 0 Å². The first-order valence-corrected chi connectivity index (χ1v) is 6.78. The van der Waals surface area contributed by atoms with Gasteiger partial charge in [0.05, 0.1) is 17.6 Å². The van der Waals surface area contributed by atoms with Crippen LogP contribution in [0.1, 0.15) is 21.5 Å². The molecule has 0 atom stereocenters. The average molecular weight is 318 g/mol. The molecule has 1 N–H and O–H groups in total. The van der Waals surface area contributed by atoms with E-state index in [0.717, 1.165) is 11.6 Å². The van der Waals surface area contributed by atoms with Crippen LogP contribution in [0.15, 0.2) is 36.4 Å². The molecule has 0 aliphatic rings. The molecular formula is C16H15FN2O4. The highest BCUT2D eigenvalue weighted by molar-refractivity contribution is 5.90. The van der Waals surface area contributed by atoms with Gasteiger partial charge in [-0.3, -0.25) is 10.1 Å². The summed E-state index contributed by atoms with van der Waals surface area (Å²) >= 11 is 0. The lowest BCUT2D eigenvalue weighted by molar-refractivity contribution is -0.387. The number of nitro groups is 1. The fraction of sp³-hybridized carbons (Fsp3) is 0.188. The third-order valence-electron chi connectivity index (χ3n) is 3.35. The van der Waals surface area contributed by atoms with Crippen LogP contribution >= 0.6 is 0 Å². The number of nitrogens with zero attached hydrogens (tertiary/aromatic N) is 1. The molecule has 2 aromatic rings. The Morgan fingerprint density at radius 2 is 2.04 bits per heavy atom. The zero-order chi connectivity index (χ0) is 17.0. The summed E-state index contributed by atoms with van der Waals surface area (Å²) in [6.07, 6.45) is 0. The number of carbonyl (C=O) groups excluding carboxylic acids is 1. The summed E-state index contributed by atoms with van der Waals surface area (Å²) in [5.74, 6) is -1.33. The van der Waals surface area contributed by atoms with Crippen molar-refractivity contribution < 1.29 is 18.8 Å². The molecule has 0 aromatic heterocycles. The highest BCUT2D eigenvalue weighted by Crippen LogP contribution is 2.21. The van der Waals surface area contributed by atoms with E-state index < -0.39 is 22.4 Å². The van der Waals surface area contributed by atoms with Crippen LogP contribution in [0.4, 0.5) is 15.8 Å². The summed E-state index contributed by atoms with van der Waals surface area (Å²) in [5, 5.41) is 13.8. The Morgan fingerprint density at radius 1 is 1.30 bits per heavy atom. The minimum absolute atomic E-state index is 0.257. The summed E-state index contributed by atoms with van der Waals surface area (Å²) in [7, 11) is 1.30. The first-order valence-electron chi connectivity index (χ1n) is 6.78. The number of carbonyl (C=O) groups is 1. The van der Waals surface area contributed by atoms with Crippen LogP contribution in [-0.4, -0.2) is 18.0 Å². The lowest BCUT2D eigenvalue weighted by Crippen LogP contribution is -2.06. The Balaban J connectivity index is 2.19. The molecule has 0 fully saturated rings. The van der Waals surface area contributed by atoms with Gasteiger partial charge in [0.25, 0.3) is 0 Å². The molecule has 0 radical (unpaired) electrons.